The van der Waals surface area contributed by atoms with Crippen LogP contribution in [0.4, 0.5) is 0 Å². The predicted molar refractivity (Wildman–Crippen MR) is 58.8 cm³/mol. The van der Waals surface area contributed by atoms with Crippen molar-refractivity contribution in [3.8, 4) is 0 Å². The predicted octanol–water partition coefficient (Wildman–Crippen LogP) is 0.716. The van der Waals surface area contributed by atoms with Crippen LogP contribution in [0.5, 0.6) is 0 Å². The third-order valence-corrected chi connectivity index (χ3v) is 3.56. The van der Waals surface area contributed by atoms with Crippen molar-refractivity contribution in [2.75, 3.05) is 13.1 Å². The van der Waals surface area contributed by atoms with Gasteiger partial charge in [-0.2, -0.15) is 5.10 Å². The first kappa shape index (κ1) is 10.1. The molecule has 1 aliphatic heterocycles. The van der Waals surface area contributed by atoms with Crippen LogP contribution in [0.2, 0.25) is 0 Å². The summed E-state index contributed by atoms with van der Waals surface area (Å²) in [5, 5.41) is 4.19. The zero-order chi connectivity index (χ0) is 10.1. The lowest BCUT2D eigenvalue weighted by atomic mass is 10.0. The summed E-state index contributed by atoms with van der Waals surface area (Å²) in [5.74, 6) is 0. The van der Waals surface area contributed by atoms with Crippen molar-refractivity contribution >= 4 is 15.9 Å². The van der Waals surface area contributed by atoms with Crippen molar-refractivity contribution in [3.63, 3.8) is 0 Å². The Labute approximate surface area is 92.2 Å². The number of aryl methyl sites for hydroxylation is 1. The Bertz CT molecular complexity index is 301. The Balaban J connectivity index is 2.04. The molecule has 0 radical (unpaired) electrons. The van der Waals surface area contributed by atoms with E-state index in [0.717, 1.165) is 24.1 Å². The van der Waals surface area contributed by atoms with Crippen LogP contribution >= 0.6 is 15.9 Å². The molecule has 1 saturated heterocycles. The smallest absolute Gasteiger partial charge is 0.0663 e. The molecule has 0 aromatic carbocycles. The van der Waals surface area contributed by atoms with Gasteiger partial charge in [-0.1, -0.05) is 0 Å². The number of nitrogens with zero attached hydrogens (tertiary/aromatic N) is 3. The molecule has 1 aliphatic rings. The average Bonchev–Trinajstić information content (AvgIpc) is 2.43. The SMILES string of the molecule is Cn1ncc(Br)c1CN1CCC1CN. The van der Waals surface area contributed by atoms with Gasteiger partial charge in [0.25, 0.3) is 0 Å². The molecule has 2 heterocycles. The molecule has 0 saturated carbocycles. The zero-order valence-corrected chi connectivity index (χ0v) is 9.87. The van der Waals surface area contributed by atoms with E-state index >= 15 is 0 Å². The van der Waals surface area contributed by atoms with Crippen molar-refractivity contribution in [1.82, 2.24) is 14.7 Å². The second kappa shape index (κ2) is 4.00. The second-order valence-corrected chi connectivity index (χ2v) is 4.57. The highest BCUT2D eigenvalue weighted by Gasteiger charge is 2.27. The van der Waals surface area contributed by atoms with Crippen LogP contribution in [0.3, 0.4) is 0 Å². The normalized spacial score (nSPS) is 22.4. The van der Waals surface area contributed by atoms with E-state index in [1.54, 1.807) is 0 Å². The molecule has 5 heteroatoms. The van der Waals surface area contributed by atoms with Gasteiger partial charge in [0.15, 0.2) is 0 Å². The standard InChI is InChI=1S/C9H15BrN4/c1-13-9(8(10)5-12-13)6-14-3-2-7(14)4-11/h5,7H,2-4,6,11H2,1H3. The van der Waals surface area contributed by atoms with Crippen LogP contribution in [0.25, 0.3) is 0 Å². The zero-order valence-electron chi connectivity index (χ0n) is 8.28. The van der Waals surface area contributed by atoms with Gasteiger partial charge in [-0.3, -0.25) is 9.58 Å². The number of hydrogen-bond acceptors (Lipinski definition) is 3. The molecule has 1 aromatic rings. The van der Waals surface area contributed by atoms with Crippen LogP contribution in [-0.4, -0.2) is 33.8 Å². The van der Waals surface area contributed by atoms with Crippen molar-refractivity contribution < 1.29 is 0 Å². The highest BCUT2D eigenvalue weighted by Crippen LogP contribution is 2.23. The lowest BCUT2D eigenvalue weighted by Gasteiger charge is -2.40. The van der Waals surface area contributed by atoms with Gasteiger partial charge in [-0.15, -0.1) is 0 Å². The molecule has 1 atom stereocenters. The molecule has 2 rings (SSSR count). The Morgan fingerprint density at radius 1 is 1.71 bits per heavy atom. The average molecular weight is 259 g/mol. The Hall–Kier alpha value is -0.390. The van der Waals surface area contributed by atoms with E-state index in [2.05, 4.69) is 25.9 Å². The van der Waals surface area contributed by atoms with Crippen molar-refractivity contribution in [1.29, 1.82) is 0 Å². The highest BCUT2D eigenvalue weighted by atomic mass is 79.9. The summed E-state index contributed by atoms with van der Waals surface area (Å²) in [5.41, 5.74) is 6.88. The van der Waals surface area contributed by atoms with Gasteiger partial charge in [0, 0.05) is 32.7 Å². The summed E-state index contributed by atoms with van der Waals surface area (Å²) < 4.78 is 3.00. The fourth-order valence-electron chi connectivity index (χ4n) is 1.78. The summed E-state index contributed by atoms with van der Waals surface area (Å²) in [6.07, 6.45) is 3.07. The van der Waals surface area contributed by atoms with Gasteiger partial charge in [-0.25, -0.2) is 0 Å². The van der Waals surface area contributed by atoms with E-state index in [1.165, 1.54) is 12.1 Å². The van der Waals surface area contributed by atoms with Crippen LogP contribution in [0, 0.1) is 0 Å². The Morgan fingerprint density at radius 3 is 2.93 bits per heavy atom. The third kappa shape index (κ3) is 1.71. The van der Waals surface area contributed by atoms with Crippen LogP contribution in [0.15, 0.2) is 10.7 Å². The fraction of sp³-hybridized carbons (Fsp3) is 0.667. The van der Waals surface area contributed by atoms with Gasteiger partial charge < -0.3 is 5.73 Å². The molecule has 0 bridgehead atoms. The summed E-state index contributed by atoms with van der Waals surface area (Å²) >= 11 is 3.50. The van der Waals surface area contributed by atoms with Crippen LogP contribution in [0.1, 0.15) is 12.1 Å². The van der Waals surface area contributed by atoms with E-state index < -0.39 is 0 Å². The van der Waals surface area contributed by atoms with E-state index in [1.807, 2.05) is 17.9 Å². The monoisotopic (exact) mass is 258 g/mol. The summed E-state index contributed by atoms with van der Waals surface area (Å²) in [6, 6.07) is 0.566. The van der Waals surface area contributed by atoms with Crippen LogP contribution < -0.4 is 5.73 Å². The second-order valence-electron chi connectivity index (χ2n) is 3.71. The lowest BCUT2D eigenvalue weighted by Crippen LogP contribution is -2.51. The molecule has 14 heavy (non-hydrogen) atoms. The van der Waals surface area contributed by atoms with Crippen molar-refractivity contribution in [2.24, 2.45) is 12.8 Å². The van der Waals surface area contributed by atoms with E-state index in [-0.39, 0.29) is 0 Å². The van der Waals surface area contributed by atoms with Crippen molar-refractivity contribution in [2.45, 2.75) is 19.0 Å². The van der Waals surface area contributed by atoms with E-state index in [0.29, 0.717) is 6.04 Å². The summed E-state index contributed by atoms with van der Waals surface area (Å²) in [6.45, 7) is 2.86. The van der Waals surface area contributed by atoms with Gasteiger partial charge in [0.05, 0.1) is 16.4 Å². The molecule has 4 nitrogen and oxygen atoms in total. The number of halogens is 1. The van der Waals surface area contributed by atoms with Gasteiger partial charge >= 0.3 is 0 Å². The number of hydrogen-bond donors (Lipinski definition) is 1. The lowest BCUT2D eigenvalue weighted by molar-refractivity contribution is 0.0850. The number of likely N-dealkylation sites (tertiary alicyclic amines) is 1. The first-order valence-electron chi connectivity index (χ1n) is 4.83. The van der Waals surface area contributed by atoms with Gasteiger partial charge in [0.1, 0.15) is 0 Å². The first-order valence-corrected chi connectivity index (χ1v) is 5.62. The Morgan fingerprint density at radius 2 is 2.50 bits per heavy atom. The molecular weight excluding hydrogens is 244 g/mol. The Kier molecular flexibility index (Phi) is 2.90. The van der Waals surface area contributed by atoms with Gasteiger partial charge in [-0.05, 0) is 22.4 Å². The maximum absolute atomic E-state index is 5.65. The minimum atomic E-state index is 0.566. The minimum Gasteiger partial charge on any atom is -0.329 e. The molecule has 0 aliphatic carbocycles. The third-order valence-electron chi connectivity index (χ3n) is 2.90. The van der Waals surface area contributed by atoms with E-state index in [9.17, 15) is 0 Å². The molecule has 1 unspecified atom stereocenters. The molecule has 1 fully saturated rings. The number of aromatic nitrogens is 2. The quantitative estimate of drug-likeness (QED) is 0.869. The highest BCUT2D eigenvalue weighted by molar-refractivity contribution is 9.10. The largest absolute Gasteiger partial charge is 0.329 e. The fourth-order valence-corrected chi connectivity index (χ4v) is 2.25. The summed E-state index contributed by atoms with van der Waals surface area (Å²) in [4.78, 5) is 2.39. The summed E-state index contributed by atoms with van der Waals surface area (Å²) in [7, 11) is 1.97. The minimum absolute atomic E-state index is 0.566. The van der Waals surface area contributed by atoms with Crippen LogP contribution in [-0.2, 0) is 13.6 Å². The topological polar surface area (TPSA) is 47.1 Å². The van der Waals surface area contributed by atoms with E-state index in [4.69, 9.17) is 5.73 Å². The maximum Gasteiger partial charge on any atom is 0.0663 e. The molecule has 0 spiro atoms. The molecular formula is C9H15BrN4. The van der Waals surface area contributed by atoms with Gasteiger partial charge in [0.2, 0.25) is 0 Å². The van der Waals surface area contributed by atoms with Crippen molar-refractivity contribution in [3.05, 3.63) is 16.4 Å². The molecule has 78 valence electrons. The first-order chi connectivity index (χ1) is 6.72. The number of nitrogens with two attached hydrogens (primary N) is 1. The molecule has 2 N–H and O–H groups in total. The molecule has 1 aromatic heterocycles. The molecule has 0 amide bonds. The number of rotatable bonds is 3. The maximum atomic E-state index is 5.65.